The second-order valence-corrected chi connectivity index (χ2v) is 9.05. The molecule has 9 nitrogen and oxygen atoms in total. The maximum Gasteiger partial charge on any atom is 0.286 e. The van der Waals surface area contributed by atoms with Crippen molar-refractivity contribution in [2.24, 2.45) is 10.3 Å². The van der Waals surface area contributed by atoms with Crippen LogP contribution in [0, 0.1) is 5.92 Å². The van der Waals surface area contributed by atoms with Gasteiger partial charge in [-0.2, -0.15) is 8.42 Å². The summed E-state index contributed by atoms with van der Waals surface area (Å²) in [5.41, 5.74) is -0.0790. The fraction of sp³-hybridized carbons (Fsp3) is 0.300. The number of hydrogen-bond donors (Lipinski definition) is 2. The first-order valence-electron chi connectivity index (χ1n) is 9.46. The molecule has 0 radical (unpaired) electrons. The largest absolute Gasteiger partial charge is 0.505 e. The molecule has 0 atom stereocenters. The van der Waals surface area contributed by atoms with Gasteiger partial charge in [0.1, 0.15) is 21.7 Å². The van der Waals surface area contributed by atoms with E-state index in [-0.39, 0.29) is 27.7 Å². The first kappa shape index (κ1) is 20.0. The van der Waals surface area contributed by atoms with Gasteiger partial charge >= 0.3 is 0 Å². The van der Waals surface area contributed by atoms with Gasteiger partial charge in [-0.05, 0) is 36.6 Å². The fourth-order valence-electron chi connectivity index (χ4n) is 3.40. The van der Waals surface area contributed by atoms with Crippen LogP contribution in [0.25, 0.3) is 5.52 Å². The van der Waals surface area contributed by atoms with Crippen molar-refractivity contribution in [2.75, 3.05) is 12.4 Å². The Morgan fingerprint density at radius 1 is 1.27 bits per heavy atom. The lowest BCUT2D eigenvalue weighted by Gasteiger charge is -2.21. The van der Waals surface area contributed by atoms with Crippen molar-refractivity contribution in [3.8, 4) is 11.5 Å². The number of methoxy groups -OCH3 is 1. The van der Waals surface area contributed by atoms with Gasteiger partial charge in [0.05, 0.1) is 12.8 Å². The van der Waals surface area contributed by atoms with Gasteiger partial charge in [0.25, 0.3) is 15.6 Å². The molecule has 3 aromatic rings. The number of nitrogens with zero attached hydrogens (tertiary/aromatic N) is 3. The van der Waals surface area contributed by atoms with Gasteiger partial charge in [-0.3, -0.25) is 9.31 Å². The van der Waals surface area contributed by atoms with Gasteiger partial charge in [0, 0.05) is 18.8 Å². The predicted octanol–water partition coefficient (Wildman–Crippen LogP) is 2.42. The van der Waals surface area contributed by atoms with Gasteiger partial charge in [0.2, 0.25) is 0 Å². The van der Waals surface area contributed by atoms with E-state index in [0.717, 1.165) is 6.42 Å². The van der Waals surface area contributed by atoms with Crippen molar-refractivity contribution in [3.63, 3.8) is 0 Å². The Hall–Kier alpha value is -3.27. The van der Waals surface area contributed by atoms with E-state index in [4.69, 9.17) is 4.74 Å². The zero-order chi connectivity index (χ0) is 21.6. The van der Waals surface area contributed by atoms with Gasteiger partial charge < -0.3 is 15.2 Å². The summed E-state index contributed by atoms with van der Waals surface area (Å²) >= 11 is 0. The molecule has 1 aliphatic rings. The maximum atomic E-state index is 13.3. The van der Waals surface area contributed by atoms with E-state index in [1.54, 1.807) is 28.9 Å². The third-order valence-corrected chi connectivity index (χ3v) is 6.32. The lowest BCUT2D eigenvalue weighted by Crippen LogP contribution is -2.35. The third kappa shape index (κ3) is 3.22. The SMILES string of the molecule is COc1ccc2c(c1)S(=O)(=O)N=C(c1c(O)c3cccn3n(CCC(C)C)c1=O)N2. The highest BCUT2D eigenvalue weighted by atomic mass is 32.2. The van der Waals surface area contributed by atoms with E-state index in [2.05, 4.69) is 9.71 Å². The molecule has 4 rings (SSSR count). The van der Waals surface area contributed by atoms with Crippen LogP contribution in [0.4, 0.5) is 5.69 Å². The molecule has 2 aromatic heterocycles. The van der Waals surface area contributed by atoms with Crippen LogP contribution in [0.5, 0.6) is 11.5 Å². The molecule has 1 aliphatic heterocycles. The highest BCUT2D eigenvalue weighted by Gasteiger charge is 2.30. The summed E-state index contributed by atoms with van der Waals surface area (Å²) in [7, 11) is -2.67. The van der Waals surface area contributed by atoms with Crippen LogP contribution in [0.2, 0.25) is 0 Å². The number of benzene rings is 1. The minimum absolute atomic E-state index is 0.0611. The van der Waals surface area contributed by atoms with Crippen molar-refractivity contribution in [1.82, 2.24) is 9.20 Å². The standard InChI is InChI=1S/C20H22N4O5S/c1-12(2)8-10-24-20(26)17(18(25)15-5-4-9-23(15)24)19-21-14-7-6-13(29-3)11-16(14)30(27,28)22-19/h4-7,9,11-12,25H,8,10H2,1-3H3,(H,21,22). The van der Waals surface area contributed by atoms with Gasteiger partial charge in [-0.15, -0.1) is 4.40 Å². The zero-order valence-corrected chi connectivity index (χ0v) is 17.6. The number of fused-ring (bicyclic) bond motifs is 2. The van der Waals surface area contributed by atoms with Crippen LogP contribution in [0.3, 0.4) is 0 Å². The van der Waals surface area contributed by atoms with Crippen LogP contribution in [-0.4, -0.2) is 35.7 Å². The Morgan fingerprint density at radius 2 is 2.03 bits per heavy atom. The molecular weight excluding hydrogens is 408 g/mol. The molecule has 0 unspecified atom stereocenters. The predicted molar refractivity (Wildman–Crippen MR) is 113 cm³/mol. The molecule has 0 fully saturated rings. The van der Waals surface area contributed by atoms with E-state index in [1.165, 1.54) is 23.9 Å². The van der Waals surface area contributed by atoms with E-state index in [1.807, 2.05) is 13.8 Å². The first-order valence-corrected chi connectivity index (χ1v) is 10.9. The van der Waals surface area contributed by atoms with Crippen LogP contribution < -0.4 is 15.6 Å². The van der Waals surface area contributed by atoms with Gasteiger partial charge in [-0.25, -0.2) is 4.68 Å². The molecule has 30 heavy (non-hydrogen) atoms. The monoisotopic (exact) mass is 430 g/mol. The molecule has 0 saturated heterocycles. The lowest BCUT2D eigenvalue weighted by molar-refractivity contribution is 0.413. The summed E-state index contributed by atoms with van der Waals surface area (Å²) in [5.74, 6) is 0.180. The molecule has 0 spiro atoms. The summed E-state index contributed by atoms with van der Waals surface area (Å²) < 4.78 is 37.5. The number of aromatic hydroxyl groups is 1. The number of sulfonamides is 1. The number of nitrogens with one attached hydrogen (secondary N) is 1. The smallest absolute Gasteiger partial charge is 0.286 e. The topological polar surface area (TPSA) is 114 Å². The summed E-state index contributed by atoms with van der Waals surface area (Å²) in [5, 5.41) is 13.7. The molecule has 10 heteroatoms. The second kappa shape index (κ2) is 7.21. The average Bonchev–Trinajstić information content (AvgIpc) is 3.17. The lowest BCUT2D eigenvalue weighted by atomic mass is 10.1. The maximum absolute atomic E-state index is 13.3. The molecule has 0 aliphatic carbocycles. The third-order valence-electron chi connectivity index (χ3n) is 5.00. The molecule has 1 aromatic carbocycles. The van der Waals surface area contributed by atoms with Crippen molar-refractivity contribution >= 4 is 27.1 Å². The highest BCUT2D eigenvalue weighted by molar-refractivity contribution is 7.90. The Labute approximate surface area is 173 Å². The minimum Gasteiger partial charge on any atom is -0.505 e. The molecular formula is C20H22N4O5S. The fourth-order valence-corrected chi connectivity index (χ4v) is 4.54. The van der Waals surface area contributed by atoms with E-state index >= 15 is 0 Å². The number of aromatic nitrogens is 2. The van der Waals surface area contributed by atoms with E-state index < -0.39 is 15.6 Å². The van der Waals surface area contributed by atoms with Crippen molar-refractivity contribution in [2.45, 2.75) is 31.7 Å². The second-order valence-electron chi connectivity index (χ2n) is 7.47. The molecule has 0 amide bonds. The summed E-state index contributed by atoms with van der Waals surface area (Å²) in [6.07, 6.45) is 2.41. The molecule has 3 heterocycles. The normalized spacial score (nSPS) is 15.0. The number of anilines is 1. The van der Waals surface area contributed by atoms with Crippen molar-refractivity contribution in [1.29, 1.82) is 0 Å². The number of hydrogen-bond acceptors (Lipinski definition) is 6. The molecule has 2 N–H and O–H groups in total. The van der Waals surface area contributed by atoms with Gasteiger partial charge in [-0.1, -0.05) is 13.8 Å². The van der Waals surface area contributed by atoms with Crippen molar-refractivity contribution < 1.29 is 18.3 Å². The van der Waals surface area contributed by atoms with Crippen LogP contribution >= 0.6 is 0 Å². The van der Waals surface area contributed by atoms with E-state index in [9.17, 15) is 18.3 Å². The number of rotatable bonds is 5. The average molecular weight is 430 g/mol. The Bertz CT molecular complexity index is 1340. The summed E-state index contributed by atoms with van der Waals surface area (Å²) in [6.45, 7) is 4.50. The number of amidine groups is 1. The number of aryl methyl sites for hydroxylation is 1. The Balaban J connectivity index is 1.92. The summed E-state index contributed by atoms with van der Waals surface area (Å²) in [6, 6.07) is 7.85. The van der Waals surface area contributed by atoms with Crippen LogP contribution in [0.15, 0.2) is 50.6 Å². The van der Waals surface area contributed by atoms with Crippen molar-refractivity contribution in [3.05, 3.63) is 52.4 Å². The summed E-state index contributed by atoms with van der Waals surface area (Å²) in [4.78, 5) is 13.2. The van der Waals surface area contributed by atoms with E-state index in [0.29, 0.717) is 23.7 Å². The highest BCUT2D eigenvalue weighted by Crippen LogP contribution is 2.33. The first-order chi connectivity index (χ1) is 14.2. The van der Waals surface area contributed by atoms with Crippen LogP contribution in [0.1, 0.15) is 25.8 Å². The minimum atomic E-state index is -4.10. The van der Waals surface area contributed by atoms with Gasteiger partial charge in [0.15, 0.2) is 11.6 Å². The molecule has 158 valence electrons. The number of ether oxygens (including phenoxy) is 1. The quantitative estimate of drug-likeness (QED) is 0.643. The Kier molecular flexibility index (Phi) is 4.81. The molecule has 0 saturated carbocycles. The zero-order valence-electron chi connectivity index (χ0n) is 16.8. The van der Waals surface area contributed by atoms with Crippen LogP contribution in [-0.2, 0) is 16.6 Å². The Morgan fingerprint density at radius 3 is 2.73 bits per heavy atom. The molecule has 0 bridgehead atoms.